The van der Waals surface area contributed by atoms with E-state index in [2.05, 4.69) is 5.32 Å². The molecule has 1 amide bonds. The molecule has 0 fully saturated rings. The van der Waals surface area contributed by atoms with Crippen molar-refractivity contribution < 1.29 is 14.3 Å². The van der Waals surface area contributed by atoms with Crippen LogP contribution in [0, 0.1) is 0 Å². The number of hydrogen-bond donors (Lipinski definition) is 1. The summed E-state index contributed by atoms with van der Waals surface area (Å²) >= 11 is 11.8. The Morgan fingerprint density at radius 3 is 2.59 bits per heavy atom. The van der Waals surface area contributed by atoms with Crippen molar-refractivity contribution in [3.05, 3.63) is 52.3 Å². The van der Waals surface area contributed by atoms with Crippen LogP contribution < -0.4 is 5.32 Å². The van der Waals surface area contributed by atoms with Crippen molar-refractivity contribution in [2.75, 3.05) is 5.32 Å². The average Bonchev–Trinajstić information content (AvgIpc) is 2.88. The zero-order valence-corrected chi connectivity index (χ0v) is 13.5. The molecule has 0 aliphatic carbocycles. The monoisotopic (exact) mass is 340 g/mol. The highest BCUT2D eigenvalue weighted by Crippen LogP contribution is 2.25. The van der Waals surface area contributed by atoms with Crippen molar-refractivity contribution in [3.8, 4) is 0 Å². The molecule has 0 spiro atoms. The fraction of sp³-hybridized carbons (Fsp3) is 0.200. The van der Waals surface area contributed by atoms with Gasteiger partial charge in [0.05, 0.1) is 10.7 Å². The van der Waals surface area contributed by atoms with Crippen LogP contribution in [0.3, 0.4) is 0 Å². The van der Waals surface area contributed by atoms with Gasteiger partial charge in [-0.05, 0) is 37.3 Å². The summed E-state index contributed by atoms with van der Waals surface area (Å²) in [7, 11) is 1.72. The molecule has 0 aliphatic rings. The lowest BCUT2D eigenvalue weighted by Crippen LogP contribution is -2.30. The van der Waals surface area contributed by atoms with Gasteiger partial charge in [0.15, 0.2) is 6.10 Å². The predicted octanol–water partition coefficient (Wildman–Crippen LogP) is 3.52. The van der Waals surface area contributed by atoms with Crippen LogP contribution in [0.2, 0.25) is 10.0 Å². The summed E-state index contributed by atoms with van der Waals surface area (Å²) in [5.74, 6) is -1.05. The Morgan fingerprint density at radius 1 is 1.27 bits per heavy atom. The maximum absolute atomic E-state index is 12.1. The average molecular weight is 341 g/mol. The summed E-state index contributed by atoms with van der Waals surface area (Å²) in [6, 6.07) is 8.02. The molecule has 2 aromatic rings. The topological polar surface area (TPSA) is 60.3 Å². The summed E-state index contributed by atoms with van der Waals surface area (Å²) in [6.45, 7) is 1.49. The van der Waals surface area contributed by atoms with Crippen molar-refractivity contribution in [2.45, 2.75) is 13.0 Å². The molecule has 0 saturated carbocycles. The van der Waals surface area contributed by atoms with Crippen LogP contribution in [-0.4, -0.2) is 22.5 Å². The zero-order chi connectivity index (χ0) is 16.3. The van der Waals surface area contributed by atoms with E-state index >= 15 is 0 Å². The fourth-order valence-electron chi connectivity index (χ4n) is 1.77. The van der Waals surface area contributed by atoms with Gasteiger partial charge in [0.1, 0.15) is 5.69 Å². The van der Waals surface area contributed by atoms with Crippen molar-refractivity contribution >= 4 is 40.8 Å². The molecule has 2 rings (SSSR count). The number of aryl methyl sites for hydroxylation is 1. The van der Waals surface area contributed by atoms with Crippen molar-refractivity contribution in [2.24, 2.45) is 7.05 Å². The Bertz CT molecular complexity index is 713. The number of rotatable bonds is 4. The Labute approximate surface area is 137 Å². The van der Waals surface area contributed by atoms with Crippen LogP contribution in [0.5, 0.6) is 0 Å². The zero-order valence-electron chi connectivity index (χ0n) is 12.0. The van der Waals surface area contributed by atoms with E-state index in [1.165, 1.54) is 13.0 Å². The molecule has 22 heavy (non-hydrogen) atoms. The molecular weight excluding hydrogens is 327 g/mol. The molecule has 0 radical (unpaired) electrons. The highest BCUT2D eigenvalue weighted by molar-refractivity contribution is 6.36. The van der Waals surface area contributed by atoms with Gasteiger partial charge in [0.25, 0.3) is 5.91 Å². The number of halogens is 2. The third-order valence-corrected chi connectivity index (χ3v) is 3.54. The molecule has 1 N–H and O–H groups in total. The number of esters is 1. The Morgan fingerprint density at radius 2 is 2.00 bits per heavy atom. The van der Waals surface area contributed by atoms with Crippen LogP contribution >= 0.6 is 23.2 Å². The molecule has 1 aromatic carbocycles. The molecule has 0 bridgehead atoms. The normalized spacial score (nSPS) is 11.8. The van der Waals surface area contributed by atoms with E-state index in [0.717, 1.165) is 0 Å². The van der Waals surface area contributed by atoms with Crippen LogP contribution in [0.1, 0.15) is 17.4 Å². The van der Waals surface area contributed by atoms with Crippen molar-refractivity contribution in [1.29, 1.82) is 0 Å². The van der Waals surface area contributed by atoms with Gasteiger partial charge >= 0.3 is 5.97 Å². The summed E-state index contributed by atoms with van der Waals surface area (Å²) in [5.41, 5.74) is 0.766. The van der Waals surface area contributed by atoms with Gasteiger partial charge in [-0.25, -0.2) is 4.79 Å². The standard InChI is InChI=1S/C15H14Cl2N2O3/c1-9(22-15(21)13-4-3-7-19(13)2)14(20)18-12-6-5-10(16)8-11(12)17/h3-9H,1-2H3,(H,18,20)/t9-/m0/s1. The third kappa shape index (κ3) is 3.81. The highest BCUT2D eigenvalue weighted by Gasteiger charge is 2.21. The number of carbonyl (C=O) groups excluding carboxylic acids is 2. The molecule has 116 valence electrons. The van der Waals surface area contributed by atoms with E-state index in [9.17, 15) is 9.59 Å². The second-order valence-corrected chi connectivity index (χ2v) is 5.51. The number of ether oxygens (including phenoxy) is 1. The number of carbonyl (C=O) groups is 2. The van der Waals surface area contributed by atoms with Gasteiger partial charge in [-0.1, -0.05) is 23.2 Å². The minimum atomic E-state index is -0.964. The van der Waals surface area contributed by atoms with E-state index in [0.29, 0.717) is 21.4 Å². The quantitative estimate of drug-likeness (QED) is 0.866. The maximum Gasteiger partial charge on any atom is 0.355 e. The first-order valence-electron chi connectivity index (χ1n) is 6.46. The smallest absolute Gasteiger partial charge is 0.355 e. The van der Waals surface area contributed by atoms with E-state index in [1.54, 1.807) is 42.1 Å². The molecule has 1 atom stereocenters. The second-order valence-electron chi connectivity index (χ2n) is 4.67. The first-order chi connectivity index (χ1) is 10.4. The van der Waals surface area contributed by atoms with Crippen LogP contribution in [0.25, 0.3) is 0 Å². The predicted molar refractivity (Wildman–Crippen MR) is 85.4 cm³/mol. The first-order valence-corrected chi connectivity index (χ1v) is 7.22. The molecule has 0 unspecified atom stereocenters. The first kappa shape index (κ1) is 16.4. The van der Waals surface area contributed by atoms with E-state index in [1.807, 2.05) is 0 Å². The SMILES string of the molecule is C[C@H](OC(=O)c1cccn1C)C(=O)Nc1ccc(Cl)cc1Cl. The van der Waals surface area contributed by atoms with Gasteiger partial charge in [-0.15, -0.1) is 0 Å². The lowest BCUT2D eigenvalue weighted by Gasteiger charge is -2.14. The summed E-state index contributed by atoms with van der Waals surface area (Å²) in [5, 5.41) is 3.36. The van der Waals surface area contributed by atoms with E-state index in [4.69, 9.17) is 27.9 Å². The molecule has 5 nitrogen and oxygen atoms in total. The largest absolute Gasteiger partial charge is 0.448 e. The number of nitrogens with zero attached hydrogens (tertiary/aromatic N) is 1. The lowest BCUT2D eigenvalue weighted by atomic mass is 10.3. The van der Waals surface area contributed by atoms with E-state index in [-0.39, 0.29) is 0 Å². The van der Waals surface area contributed by atoms with Gasteiger partial charge < -0.3 is 14.6 Å². The van der Waals surface area contributed by atoms with Crippen molar-refractivity contribution in [3.63, 3.8) is 0 Å². The van der Waals surface area contributed by atoms with Crippen LogP contribution in [-0.2, 0) is 16.6 Å². The fourth-order valence-corrected chi connectivity index (χ4v) is 2.23. The summed E-state index contributed by atoms with van der Waals surface area (Å²) in [6.07, 6.45) is 0.753. The summed E-state index contributed by atoms with van der Waals surface area (Å²) in [4.78, 5) is 24.0. The second kappa shape index (κ2) is 6.85. The molecular formula is C15H14Cl2N2O3. The van der Waals surface area contributed by atoms with Gasteiger partial charge in [0.2, 0.25) is 0 Å². The minimum absolute atomic E-state index is 0.307. The molecule has 7 heteroatoms. The van der Waals surface area contributed by atoms with Gasteiger partial charge in [-0.2, -0.15) is 0 Å². The number of amides is 1. The van der Waals surface area contributed by atoms with Crippen LogP contribution in [0.15, 0.2) is 36.5 Å². The molecule has 0 aliphatic heterocycles. The Hall–Kier alpha value is -1.98. The van der Waals surface area contributed by atoms with Crippen LogP contribution in [0.4, 0.5) is 5.69 Å². The van der Waals surface area contributed by atoms with Gasteiger partial charge in [0, 0.05) is 18.3 Å². The minimum Gasteiger partial charge on any atom is -0.448 e. The molecule has 1 aromatic heterocycles. The number of aromatic nitrogens is 1. The van der Waals surface area contributed by atoms with Gasteiger partial charge in [-0.3, -0.25) is 4.79 Å². The molecule has 0 saturated heterocycles. The molecule has 1 heterocycles. The highest BCUT2D eigenvalue weighted by atomic mass is 35.5. The lowest BCUT2D eigenvalue weighted by molar-refractivity contribution is -0.123. The maximum atomic E-state index is 12.1. The number of hydrogen-bond acceptors (Lipinski definition) is 3. The Kier molecular flexibility index (Phi) is 5.11. The van der Waals surface area contributed by atoms with Crippen molar-refractivity contribution in [1.82, 2.24) is 4.57 Å². The number of benzene rings is 1. The number of anilines is 1. The number of nitrogens with one attached hydrogen (secondary N) is 1. The summed E-state index contributed by atoms with van der Waals surface area (Å²) < 4.78 is 6.75. The third-order valence-electron chi connectivity index (χ3n) is 2.99. The Balaban J connectivity index is 2.00. The van der Waals surface area contributed by atoms with E-state index < -0.39 is 18.0 Å².